The van der Waals surface area contributed by atoms with Gasteiger partial charge in [0.2, 0.25) is 0 Å². The van der Waals surface area contributed by atoms with Crippen LogP contribution in [0.4, 0.5) is 13.2 Å². The van der Waals surface area contributed by atoms with Crippen molar-refractivity contribution in [3.63, 3.8) is 0 Å². The van der Waals surface area contributed by atoms with Crippen LogP contribution < -0.4 is 4.74 Å². The van der Waals surface area contributed by atoms with E-state index in [1.807, 2.05) is 0 Å². The van der Waals surface area contributed by atoms with Gasteiger partial charge in [-0.25, -0.2) is 0 Å². The van der Waals surface area contributed by atoms with Crippen LogP contribution in [0, 0.1) is 5.92 Å². The zero-order valence-corrected chi connectivity index (χ0v) is 17.1. The predicted octanol–water partition coefficient (Wildman–Crippen LogP) is 6.44. The number of alkyl halides is 3. The second-order valence-corrected chi connectivity index (χ2v) is 8.33. The van der Waals surface area contributed by atoms with Crippen LogP contribution >= 0.6 is 11.3 Å². The molecule has 0 radical (unpaired) electrons. The van der Waals surface area contributed by atoms with E-state index in [2.05, 4.69) is 28.7 Å². The molecule has 0 bridgehead atoms. The average molecular weight is 412 g/mol. The first-order valence-electron chi connectivity index (χ1n) is 10.0. The second kappa shape index (κ2) is 9.79. The fourth-order valence-electron chi connectivity index (χ4n) is 3.93. The number of hydrogen-bond acceptors (Lipinski definition) is 3. The Morgan fingerprint density at radius 1 is 1.14 bits per heavy atom. The van der Waals surface area contributed by atoms with Crippen LogP contribution in [0.15, 0.2) is 41.1 Å². The first-order valence-corrected chi connectivity index (χ1v) is 11.0. The van der Waals surface area contributed by atoms with Gasteiger partial charge in [0.15, 0.2) is 0 Å². The third-order valence-corrected chi connectivity index (χ3v) is 6.21. The van der Waals surface area contributed by atoms with Gasteiger partial charge >= 0.3 is 6.18 Å². The van der Waals surface area contributed by atoms with Gasteiger partial charge in [-0.05, 0) is 78.5 Å². The minimum absolute atomic E-state index is 0.340. The third kappa shape index (κ3) is 5.74. The zero-order valence-electron chi connectivity index (χ0n) is 16.3. The Balaban J connectivity index is 1.62. The lowest BCUT2D eigenvalue weighted by Gasteiger charge is -2.38. The third-order valence-electron chi connectivity index (χ3n) is 5.51. The molecule has 2 atom stereocenters. The highest BCUT2D eigenvalue weighted by Crippen LogP contribution is 2.35. The lowest BCUT2D eigenvalue weighted by Crippen LogP contribution is -2.42. The lowest BCUT2D eigenvalue weighted by atomic mass is 9.82. The number of halogens is 3. The molecule has 1 aliphatic heterocycles. The van der Waals surface area contributed by atoms with Gasteiger partial charge in [-0.3, -0.25) is 0 Å². The Morgan fingerprint density at radius 3 is 2.57 bits per heavy atom. The summed E-state index contributed by atoms with van der Waals surface area (Å²) in [6.07, 6.45) is 0.462. The van der Waals surface area contributed by atoms with E-state index in [-0.39, 0.29) is 0 Å². The van der Waals surface area contributed by atoms with Crippen LogP contribution in [0.5, 0.6) is 5.75 Å². The lowest BCUT2D eigenvalue weighted by molar-refractivity contribution is -0.137. The van der Waals surface area contributed by atoms with E-state index in [0.717, 1.165) is 38.2 Å². The number of thiophene rings is 1. The van der Waals surface area contributed by atoms with Gasteiger partial charge in [0.25, 0.3) is 0 Å². The maximum Gasteiger partial charge on any atom is 0.416 e. The van der Waals surface area contributed by atoms with Crippen molar-refractivity contribution in [3.05, 3.63) is 52.2 Å². The van der Waals surface area contributed by atoms with Crippen molar-refractivity contribution in [2.24, 2.45) is 5.92 Å². The summed E-state index contributed by atoms with van der Waals surface area (Å²) in [5.74, 6) is 1.29. The maximum absolute atomic E-state index is 12.7. The van der Waals surface area contributed by atoms with Gasteiger partial charge in [0.05, 0.1) is 12.2 Å². The molecule has 1 aromatic heterocycles. The Kier molecular flexibility index (Phi) is 7.41. The van der Waals surface area contributed by atoms with Gasteiger partial charge in [0, 0.05) is 12.5 Å². The summed E-state index contributed by atoms with van der Waals surface area (Å²) < 4.78 is 44.1. The molecule has 0 aliphatic carbocycles. The molecule has 2 aromatic rings. The van der Waals surface area contributed by atoms with Crippen LogP contribution in [0.2, 0.25) is 0 Å². The fraction of sp³-hybridized carbons (Fsp3) is 0.545. The summed E-state index contributed by atoms with van der Waals surface area (Å²) in [5.41, 5.74) is 0.718. The number of benzene rings is 1. The monoisotopic (exact) mass is 411 g/mol. The molecule has 0 amide bonds. The standard InChI is InChI=1S/C22H28F3NOS/c1-2-3-4-11-26-12-9-21(17-10-13-28-16-17)18(14-26)15-27-20-7-5-19(6-8-20)22(23,24)25/h5-8,10,13,16,18,21H,2-4,9,11-12,14-15H2,1H3. The molecule has 154 valence electrons. The van der Waals surface area contributed by atoms with Crippen molar-refractivity contribution < 1.29 is 17.9 Å². The molecular weight excluding hydrogens is 383 g/mol. The summed E-state index contributed by atoms with van der Waals surface area (Å²) in [4.78, 5) is 2.51. The quantitative estimate of drug-likeness (QED) is 0.463. The molecule has 1 aliphatic rings. The molecule has 1 fully saturated rings. The number of piperidine rings is 1. The first kappa shape index (κ1) is 21.2. The summed E-state index contributed by atoms with van der Waals surface area (Å²) in [5, 5.41) is 4.32. The molecule has 2 unspecified atom stereocenters. The van der Waals surface area contributed by atoms with E-state index in [0.29, 0.717) is 24.2 Å². The van der Waals surface area contributed by atoms with E-state index < -0.39 is 11.7 Å². The first-order chi connectivity index (χ1) is 13.5. The predicted molar refractivity (Wildman–Crippen MR) is 108 cm³/mol. The molecule has 3 rings (SSSR count). The summed E-state index contributed by atoms with van der Waals surface area (Å²) in [6, 6.07) is 7.20. The maximum atomic E-state index is 12.7. The Labute approximate surface area is 169 Å². The zero-order chi connectivity index (χ0) is 20.0. The number of ether oxygens (including phenoxy) is 1. The molecule has 1 saturated heterocycles. The van der Waals surface area contributed by atoms with Crippen molar-refractivity contribution in [2.45, 2.75) is 44.7 Å². The van der Waals surface area contributed by atoms with Crippen molar-refractivity contribution in [2.75, 3.05) is 26.2 Å². The van der Waals surface area contributed by atoms with Crippen LogP contribution in [0.3, 0.4) is 0 Å². The smallest absolute Gasteiger partial charge is 0.416 e. The Morgan fingerprint density at radius 2 is 1.93 bits per heavy atom. The van der Waals surface area contributed by atoms with Crippen LogP contribution in [-0.4, -0.2) is 31.1 Å². The van der Waals surface area contributed by atoms with Crippen LogP contribution in [0.1, 0.15) is 49.7 Å². The largest absolute Gasteiger partial charge is 0.493 e. The number of unbranched alkanes of at least 4 members (excludes halogenated alkanes) is 2. The Bertz CT molecular complexity index is 700. The minimum Gasteiger partial charge on any atom is -0.493 e. The Hall–Kier alpha value is -1.53. The SMILES string of the molecule is CCCCCN1CCC(c2ccsc2)C(COc2ccc(C(F)(F)F)cc2)C1. The molecule has 1 aromatic carbocycles. The normalized spacial score (nSPS) is 21.0. The highest BCUT2D eigenvalue weighted by atomic mass is 32.1. The number of rotatable bonds is 8. The summed E-state index contributed by atoms with van der Waals surface area (Å²) >= 11 is 1.71. The summed E-state index contributed by atoms with van der Waals surface area (Å²) in [7, 11) is 0. The highest BCUT2D eigenvalue weighted by molar-refractivity contribution is 7.07. The van der Waals surface area contributed by atoms with Crippen LogP contribution in [0.25, 0.3) is 0 Å². The van der Waals surface area contributed by atoms with Crippen LogP contribution in [-0.2, 0) is 6.18 Å². The van der Waals surface area contributed by atoms with Crippen molar-refractivity contribution in [1.82, 2.24) is 4.90 Å². The van der Waals surface area contributed by atoms with E-state index in [4.69, 9.17) is 4.74 Å². The van der Waals surface area contributed by atoms with Crippen molar-refractivity contribution in [1.29, 1.82) is 0 Å². The highest BCUT2D eigenvalue weighted by Gasteiger charge is 2.32. The molecular formula is C22H28F3NOS. The molecule has 0 saturated carbocycles. The molecule has 0 N–H and O–H groups in total. The molecule has 28 heavy (non-hydrogen) atoms. The van der Waals surface area contributed by atoms with Gasteiger partial charge < -0.3 is 9.64 Å². The van der Waals surface area contributed by atoms with E-state index in [1.54, 1.807) is 11.3 Å². The second-order valence-electron chi connectivity index (χ2n) is 7.55. The molecule has 6 heteroatoms. The number of likely N-dealkylation sites (tertiary alicyclic amines) is 1. The molecule has 2 heterocycles. The van der Waals surface area contributed by atoms with Gasteiger partial charge in [-0.15, -0.1) is 0 Å². The number of hydrogen-bond donors (Lipinski definition) is 0. The fourth-order valence-corrected chi connectivity index (χ4v) is 4.66. The summed E-state index contributed by atoms with van der Waals surface area (Å²) in [6.45, 7) is 5.92. The van der Waals surface area contributed by atoms with Crippen molar-refractivity contribution >= 4 is 11.3 Å². The van der Waals surface area contributed by atoms with E-state index in [1.165, 1.54) is 37.0 Å². The average Bonchev–Trinajstić information content (AvgIpc) is 3.21. The van der Waals surface area contributed by atoms with E-state index >= 15 is 0 Å². The van der Waals surface area contributed by atoms with Gasteiger partial charge in [0.1, 0.15) is 5.75 Å². The molecule has 2 nitrogen and oxygen atoms in total. The minimum atomic E-state index is -4.31. The number of nitrogens with zero attached hydrogens (tertiary/aromatic N) is 1. The van der Waals surface area contributed by atoms with Crippen molar-refractivity contribution in [3.8, 4) is 5.75 Å². The molecule has 0 spiro atoms. The van der Waals surface area contributed by atoms with Gasteiger partial charge in [-0.1, -0.05) is 19.8 Å². The van der Waals surface area contributed by atoms with Gasteiger partial charge in [-0.2, -0.15) is 24.5 Å². The topological polar surface area (TPSA) is 12.5 Å². The van der Waals surface area contributed by atoms with E-state index in [9.17, 15) is 13.2 Å².